The molecule has 1 saturated heterocycles. The second-order valence-corrected chi connectivity index (χ2v) is 3.78. The van der Waals surface area contributed by atoms with E-state index in [9.17, 15) is 9.59 Å². The molecule has 82 valence electrons. The van der Waals surface area contributed by atoms with Gasteiger partial charge in [0.1, 0.15) is 23.8 Å². The van der Waals surface area contributed by atoms with Crippen molar-refractivity contribution < 1.29 is 14.7 Å². The van der Waals surface area contributed by atoms with Crippen LogP contribution in [0.1, 0.15) is 26.8 Å². The summed E-state index contributed by atoms with van der Waals surface area (Å²) in [6, 6.07) is 0. The highest BCUT2D eigenvalue weighted by Crippen LogP contribution is 2.25. The van der Waals surface area contributed by atoms with Crippen LogP contribution in [0.2, 0.25) is 0 Å². The topological polar surface area (TPSA) is 86.1 Å². The number of Topliss-reactive ketones (excluding diaryl/α,β-unsaturated/α-hetero) is 1. The van der Waals surface area contributed by atoms with Gasteiger partial charge in [-0.1, -0.05) is 0 Å². The summed E-state index contributed by atoms with van der Waals surface area (Å²) in [5.74, 6) is -0.265. The minimum Gasteiger partial charge on any atom is -0.388 e. The number of aromatic nitrogens is 2. The fourth-order valence-electron chi connectivity index (χ4n) is 1.75. The first-order valence-electron chi connectivity index (χ1n) is 4.96. The number of hydrogen-bond acceptors (Lipinski definition) is 5. The number of nitrogens with one attached hydrogen (secondary N) is 1. The number of imidazole rings is 1. The highest BCUT2D eigenvalue weighted by molar-refractivity contribution is 6.22. The maximum Gasteiger partial charge on any atom is 0.227 e. The Kier molecular flexibility index (Phi) is 1.75. The monoisotopic (exact) mass is 219 g/mol. The number of fused-ring (bicyclic) bond motifs is 1. The van der Waals surface area contributed by atoms with Crippen molar-refractivity contribution in [3.8, 4) is 0 Å². The van der Waals surface area contributed by atoms with Gasteiger partial charge in [-0.05, 0) is 0 Å². The van der Waals surface area contributed by atoms with Crippen LogP contribution in [0.15, 0.2) is 11.8 Å². The summed E-state index contributed by atoms with van der Waals surface area (Å²) in [5.41, 5.74) is 0.726. The van der Waals surface area contributed by atoms with Crippen LogP contribution in [0, 0.1) is 0 Å². The van der Waals surface area contributed by atoms with E-state index in [-0.39, 0.29) is 35.4 Å². The van der Waals surface area contributed by atoms with E-state index in [0.29, 0.717) is 5.70 Å². The molecule has 0 aromatic carbocycles. The zero-order valence-corrected chi connectivity index (χ0v) is 8.36. The molecular weight excluding hydrogens is 210 g/mol. The molecule has 6 heteroatoms. The van der Waals surface area contributed by atoms with E-state index < -0.39 is 0 Å². The van der Waals surface area contributed by atoms with Gasteiger partial charge in [0.2, 0.25) is 11.6 Å². The first kappa shape index (κ1) is 9.29. The largest absolute Gasteiger partial charge is 0.388 e. The van der Waals surface area contributed by atoms with Gasteiger partial charge in [0.05, 0.1) is 5.70 Å². The molecule has 2 N–H and O–H groups in total. The number of ketones is 2. The molecule has 0 amide bonds. The molecule has 6 nitrogen and oxygen atoms in total. The standard InChI is InChI=1S/C10H9N3O3/c14-4-7-11-8-6(15)3-5(13-1-2-13)10(16)9(8)12-7/h3,14H,1-2,4H2,(H,11,12). The molecule has 0 spiro atoms. The van der Waals surface area contributed by atoms with Crippen LogP contribution in [-0.4, -0.2) is 44.6 Å². The number of allylic oxidation sites excluding steroid dienone is 2. The van der Waals surface area contributed by atoms with E-state index in [1.54, 1.807) is 0 Å². The summed E-state index contributed by atoms with van der Waals surface area (Å²) in [5, 5.41) is 8.90. The lowest BCUT2D eigenvalue weighted by atomic mass is 10.0. The highest BCUT2D eigenvalue weighted by Gasteiger charge is 2.35. The Morgan fingerprint density at radius 1 is 1.44 bits per heavy atom. The SMILES string of the molecule is O=C1C=C(N2CC2)C(=O)c2[nH]c(CO)nc21. The van der Waals surface area contributed by atoms with E-state index in [1.807, 2.05) is 4.90 Å². The fourth-order valence-corrected chi connectivity index (χ4v) is 1.75. The molecule has 1 aromatic heterocycles. The molecule has 1 aromatic rings. The van der Waals surface area contributed by atoms with Crippen LogP contribution in [0.25, 0.3) is 0 Å². The third-order valence-electron chi connectivity index (χ3n) is 2.65. The number of nitrogens with zero attached hydrogens (tertiary/aromatic N) is 2. The number of aliphatic hydroxyl groups excluding tert-OH is 1. The quantitative estimate of drug-likeness (QED) is 0.654. The van der Waals surface area contributed by atoms with Crippen LogP contribution in [-0.2, 0) is 6.61 Å². The number of carbonyl (C=O) groups excluding carboxylic acids is 2. The number of hydrogen-bond donors (Lipinski definition) is 2. The van der Waals surface area contributed by atoms with Crippen molar-refractivity contribution >= 4 is 11.6 Å². The third-order valence-corrected chi connectivity index (χ3v) is 2.65. The molecule has 3 rings (SSSR count). The lowest BCUT2D eigenvalue weighted by Crippen LogP contribution is -2.21. The van der Waals surface area contributed by atoms with E-state index >= 15 is 0 Å². The van der Waals surface area contributed by atoms with Gasteiger partial charge in [0.15, 0.2) is 0 Å². The third kappa shape index (κ3) is 1.20. The van der Waals surface area contributed by atoms with Crippen molar-refractivity contribution in [2.24, 2.45) is 0 Å². The number of H-pyrrole nitrogens is 1. The Bertz CT molecular complexity index is 525. The maximum atomic E-state index is 12.0. The smallest absolute Gasteiger partial charge is 0.227 e. The Morgan fingerprint density at radius 3 is 2.81 bits per heavy atom. The van der Waals surface area contributed by atoms with Crippen molar-refractivity contribution in [1.82, 2.24) is 14.9 Å². The number of carbonyl (C=O) groups is 2. The molecule has 16 heavy (non-hydrogen) atoms. The number of rotatable bonds is 2. The van der Waals surface area contributed by atoms with Crippen molar-refractivity contribution in [2.75, 3.05) is 13.1 Å². The predicted octanol–water partition coefficient (Wildman–Crippen LogP) is -0.519. The highest BCUT2D eigenvalue weighted by atomic mass is 16.3. The second-order valence-electron chi connectivity index (χ2n) is 3.78. The molecule has 1 fully saturated rings. The molecule has 1 aliphatic carbocycles. The van der Waals surface area contributed by atoms with Gasteiger partial charge < -0.3 is 15.0 Å². The number of aliphatic hydroxyl groups is 1. The van der Waals surface area contributed by atoms with Crippen LogP contribution in [0.4, 0.5) is 0 Å². The van der Waals surface area contributed by atoms with Crippen molar-refractivity contribution in [3.05, 3.63) is 29.0 Å². The summed E-state index contributed by atoms with van der Waals surface area (Å²) in [6.07, 6.45) is 1.32. The van der Waals surface area contributed by atoms with Crippen LogP contribution in [0.5, 0.6) is 0 Å². The molecule has 0 unspecified atom stereocenters. The van der Waals surface area contributed by atoms with E-state index in [2.05, 4.69) is 9.97 Å². The van der Waals surface area contributed by atoms with Crippen LogP contribution in [0.3, 0.4) is 0 Å². The Labute approximate surface area is 90.6 Å². The summed E-state index contributed by atoms with van der Waals surface area (Å²) < 4.78 is 0. The molecule has 0 radical (unpaired) electrons. The van der Waals surface area contributed by atoms with Gasteiger partial charge >= 0.3 is 0 Å². The maximum absolute atomic E-state index is 12.0. The van der Waals surface area contributed by atoms with E-state index in [0.717, 1.165) is 13.1 Å². The molecule has 2 aliphatic rings. The minimum atomic E-state index is -0.313. The molecule has 2 heterocycles. The van der Waals surface area contributed by atoms with Gasteiger partial charge in [0, 0.05) is 19.2 Å². The van der Waals surface area contributed by atoms with Crippen molar-refractivity contribution in [1.29, 1.82) is 0 Å². The van der Waals surface area contributed by atoms with Crippen LogP contribution < -0.4 is 0 Å². The average molecular weight is 219 g/mol. The molecule has 0 saturated carbocycles. The minimum absolute atomic E-state index is 0.111. The zero-order chi connectivity index (χ0) is 11.3. The Hall–Kier alpha value is -1.95. The second kappa shape index (κ2) is 3.02. The molecule has 1 aliphatic heterocycles. The van der Waals surface area contributed by atoms with Gasteiger partial charge in [0.25, 0.3) is 0 Å². The zero-order valence-electron chi connectivity index (χ0n) is 8.36. The van der Waals surface area contributed by atoms with Gasteiger partial charge in [-0.3, -0.25) is 9.59 Å². The first-order valence-corrected chi connectivity index (χ1v) is 4.96. The van der Waals surface area contributed by atoms with Crippen LogP contribution >= 0.6 is 0 Å². The van der Waals surface area contributed by atoms with Gasteiger partial charge in [-0.25, -0.2) is 4.98 Å². The Balaban J connectivity index is 2.08. The predicted molar refractivity (Wildman–Crippen MR) is 52.8 cm³/mol. The molecule has 0 bridgehead atoms. The van der Waals surface area contributed by atoms with Gasteiger partial charge in [-0.15, -0.1) is 0 Å². The average Bonchev–Trinajstić information content (AvgIpc) is 3.01. The number of aromatic amines is 1. The summed E-state index contributed by atoms with van der Waals surface area (Å²) in [6.45, 7) is 1.30. The van der Waals surface area contributed by atoms with Gasteiger partial charge in [-0.2, -0.15) is 0 Å². The summed E-state index contributed by atoms with van der Waals surface area (Å²) in [7, 11) is 0. The lowest BCUT2D eigenvalue weighted by Gasteiger charge is -2.11. The first-order chi connectivity index (χ1) is 7.70. The lowest BCUT2D eigenvalue weighted by molar-refractivity contribution is 0.0965. The summed E-state index contributed by atoms with van der Waals surface area (Å²) in [4.78, 5) is 32.0. The van der Waals surface area contributed by atoms with E-state index in [4.69, 9.17) is 5.11 Å². The van der Waals surface area contributed by atoms with Crippen molar-refractivity contribution in [3.63, 3.8) is 0 Å². The Morgan fingerprint density at radius 2 is 2.19 bits per heavy atom. The normalized spacial score (nSPS) is 18.6. The van der Waals surface area contributed by atoms with E-state index in [1.165, 1.54) is 6.08 Å². The summed E-state index contributed by atoms with van der Waals surface area (Å²) >= 11 is 0. The molecule has 0 atom stereocenters. The fraction of sp³-hybridized carbons (Fsp3) is 0.300. The molecular formula is C10H9N3O3. The van der Waals surface area contributed by atoms with Crippen molar-refractivity contribution in [2.45, 2.75) is 6.61 Å².